The lowest BCUT2D eigenvalue weighted by molar-refractivity contribution is 0.0949. The molecule has 8 heteroatoms. The third kappa shape index (κ3) is 3.77. The van der Waals surface area contributed by atoms with E-state index in [-0.39, 0.29) is 11.5 Å². The molecule has 0 saturated heterocycles. The molecule has 0 spiro atoms. The first-order valence-corrected chi connectivity index (χ1v) is 8.30. The maximum absolute atomic E-state index is 12.1. The normalized spacial score (nSPS) is 10.8. The van der Waals surface area contributed by atoms with Crippen molar-refractivity contribution in [1.29, 1.82) is 0 Å². The topological polar surface area (TPSA) is 104 Å². The molecule has 3 aromatic rings. The Hall–Kier alpha value is -2.74. The second-order valence-corrected chi connectivity index (χ2v) is 6.69. The molecule has 124 valence electrons. The molecule has 0 radical (unpaired) electrons. The van der Waals surface area contributed by atoms with Gasteiger partial charge in [0, 0.05) is 29.6 Å². The Labute approximate surface area is 142 Å². The van der Waals surface area contributed by atoms with Gasteiger partial charge >= 0.3 is 0 Å². The van der Waals surface area contributed by atoms with E-state index >= 15 is 0 Å². The number of hydrogen-bond acceptors (Lipinski definition) is 5. The fourth-order valence-electron chi connectivity index (χ4n) is 2.31. The smallest absolute Gasteiger partial charge is 0.271 e. The van der Waals surface area contributed by atoms with Crippen molar-refractivity contribution in [3.05, 3.63) is 56.7 Å². The average molecular weight is 343 g/mol. The molecule has 0 atom stereocenters. The average Bonchev–Trinajstić information content (AvgIpc) is 3.14. The first-order chi connectivity index (χ1) is 11.5. The summed E-state index contributed by atoms with van der Waals surface area (Å²) < 4.78 is 0. The highest BCUT2D eigenvalue weighted by Gasteiger charge is 2.12. The van der Waals surface area contributed by atoms with Crippen molar-refractivity contribution in [2.24, 2.45) is 0 Å². The van der Waals surface area contributed by atoms with Gasteiger partial charge in [-0.15, -0.1) is 11.3 Å². The van der Waals surface area contributed by atoms with E-state index < -0.39 is 0 Å². The van der Waals surface area contributed by atoms with Crippen LogP contribution in [0.3, 0.4) is 0 Å². The molecule has 0 unspecified atom stereocenters. The quantitative estimate of drug-likeness (QED) is 0.657. The van der Waals surface area contributed by atoms with E-state index in [1.54, 1.807) is 24.3 Å². The molecule has 24 heavy (non-hydrogen) atoms. The number of nitrogens with one attached hydrogen (secondary N) is 3. The minimum absolute atomic E-state index is 0.188. The number of carbonyl (C=O) groups is 1. The second-order valence-electron chi connectivity index (χ2n) is 5.41. The molecule has 0 aliphatic carbocycles. The molecule has 3 N–H and O–H groups in total. The van der Waals surface area contributed by atoms with Gasteiger partial charge in [0.05, 0.1) is 10.6 Å². The fraction of sp³-hybridized carbons (Fsp3) is 0.250. The van der Waals surface area contributed by atoms with Crippen LogP contribution in [0.4, 0.5) is 0 Å². The standard InChI is InChI=1S/C16H17N5O2S/c1-9-3-4-14(24-9)12-8-13(21-20-12)16(23)17-6-5-11-7-15(22)19-10(2)18-11/h3-4,7-8H,5-6H2,1-2H3,(H,17,23)(H,20,21)(H,18,19,22). The number of hydrogen-bond donors (Lipinski definition) is 3. The molecule has 7 nitrogen and oxygen atoms in total. The fourth-order valence-corrected chi connectivity index (χ4v) is 3.14. The summed E-state index contributed by atoms with van der Waals surface area (Å²) in [6.07, 6.45) is 0.484. The zero-order chi connectivity index (χ0) is 17.1. The lowest BCUT2D eigenvalue weighted by Crippen LogP contribution is -2.26. The SMILES string of the molecule is Cc1nc(CCNC(=O)c2cc(-c3ccc(C)s3)[nH]n2)cc(=O)[nH]1. The molecule has 3 rings (SSSR count). The molecule has 3 aromatic heterocycles. The zero-order valence-corrected chi connectivity index (χ0v) is 14.2. The van der Waals surface area contributed by atoms with E-state index in [1.165, 1.54) is 10.9 Å². The predicted octanol–water partition coefficient (Wildman–Crippen LogP) is 1.81. The number of H-pyrrole nitrogens is 2. The number of aromatic amines is 2. The van der Waals surface area contributed by atoms with Crippen molar-refractivity contribution in [2.45, 2.75) is 20.3 Å². The summed E-state index contributed by atoms with van der Waals surface area (Å²) in [5.41, 5.74) is 1.62. The van der Waals surface area contributed by atoms with Crippen molar-refractivity contribution >= 4 is 17.2 Å². The van der Waals surface area contributed by atoms with Crippen LogP contribution < -0.4 is 10.9 Å². The Bertz CT molecular complexity index is 924. The number of nitrogens with zero attached hydrogens (tertiary/aromatic N) is 2. The van der Waals surface area contributed by atoms with Crippen molar-refractivity contribution in [3.63, 3.8) is 0 Å². The summed E-state index contributed by atoms with van der Waals surface area (Å²) >= 11 is 1.64. The molecular weight excluding hydrogens is 326 g/mol. The monoisotopic (exact) mass is 343 g/mol. The van der Waals surface area contributed by atoms with Gasteiger partial charge in [-0.2, -0.15) is 5.10 Å². The minimum atomic E-state index is -0.257. The summed E-state index contributed by atoms with van der Waals surface area (Å²) in [5, 5.41) is 9.72. The van der Waals surface area contributed by atoms with Crippen LogP contribution in [-0.4, -0.2) is 32.6 Å². The van der Waals surface area contributed by atoms with Gasteiger partial charge in [-0.25, -0.2) is 4.98 Å². The predicted molar refractivity (Wildman–Crippen MR) is 92.3 cm³/mol. The van der Waals surface area contributed by atoms with Crippen LogP contribution >= 0.6 is 11.3 Å². The number of thiophene rings is 1. The van der Waals surface area contributed by atoms with Gasteiger partial charge in [0.25, 0.3) is 11.5 Å². The van der Waals surface area contributed by atoms with E-state index in [2.05, 4.69) is 25.5 Å². The van der Waals surface area contributed by atoms with Crippen molar-refractivity contribution in [2.75, 3.05) is 6.54 Å². The summed E-state index contributed by atoms with van der Waals surface area (Å²) in [7, 11) is 0. The van der Waals surface area contributed by atoms with Gasteiger partial charge in [-0.05, 0) is 32.0 Å². The van der Waals surface area contributed by atoms with E-state index in [1.807, 2.05) is 19.1 Å². The Balaban J connectivity index is 1.59. The molecule has 0 bridgehead atoms. The number of aromatic nitrogens is 4. The molecule has 3 heterocycles. The Morgan fingerprint density at radius 1 is 1.29 bits per heavy atom. The Morgan fingerprint density at radius 3 is 2.83 bits per heavy atom. The summed E-state index contributed by atoms with van der Waals surface area (Å²) in [6, 6.07) is 7.19. The summed E-state index contributed by atoms with van der Waals surface area (Å²) in [4.78, 5) is 32.6. The van der Waals surface area contributed by atoms with E-state index in [0.29, 0.717) is 30.2 Å². The van der Waals surface area contributed by atoms with Gasteiger partial charge in [0.15, 0.2) is 5.69 Å². The van der Waals surface area contributed by atoms with Crippen LogP contribution in [0.15, 0.2) is 29.1 Å². The van der Waals surface area contributed by atoms with Gasteiger partial charge in [0.1, 0.15) is 5.82 Å². The largest absolute Gasteiger partial charge is 0.350 e. The third-order valence-electron chi connectivity index (χ3n) is 3.40. The van der Waals surface area contributed by atoms with Gasteiger partial charge in [-0.3, -0.25) is 14.7 Å². The second kappa shape index (κ2) is 6.79. The van der Waals surface area contributed by atoms with Gasteiger partial charge in [0.2, 0.25) is 0 Å². The van der Waals surface area contributed by atoms with E-state index in [0.717, 1.165) is 10.6 Å². The van der Waals surface area contributed by atoms with Crippen LogP contribution in [0.5, 0.6) is 0 Å². The van der Waals surface area contributed by atoms with Crippen LogP contribution in [0.25, 0.3) is 10.6 Å². The number of amides is 1. The minimum Gasteiger partial charge on any atom is -0.350 e. The highest BCUT2D eigenvalue weighted by molar-refractivity contribution is 7.15. The lowest BCUT2D eigenvalue weighted by atomic mass is 10.2. The van der Waals surface area contributed by atoms with Gasteiger partial charge in [-0.1, -0.05) is 0 Å². The highest BCUT2D eigenvalue weighted by Crippen LogP contribution is 2.26. The number of carbonyl (C=O) groups excluding carboxylic acids is 1. The van der Waals surface area contributed by atoms with Crippen LogP contribution in [0.2, 0.25) is 0 Å². The molecular formula is C16H17N5O2S. The van der Waals surface area contributed by atoms with Crippen molar-refractivity contribution in [3.8, 4) is 10.6 Å². The number of aryl methyl sites for hydroxylation is 2. The maximum Gasteiger partial charge on any atom is 0.271 e. The van der Waals surface area contributed by atoms with Gasteiger partial charge < -0.3 is 10.3 Å². The first kappa shape index (κ1) is 16.1. The van der Waals surface area contributed by atoms with E-state index in [9.17, 15) is 9.59 Å². The highest BCUT2D eigenvalue weighted by atomic mass is 32.1. The maximum atomic E-state index is 12.1. The molecule has 0 aliphatic heterocycles. The number of rotatable bonds is 5. The molecule has 0 aliphatic rings. The van der Waals surface area contributed by atoms with Crippen molar-refractivity contribution < 1.29 is 4.79 Å². The van der Waals surface area contributed by atoms with Crippen LogP contribution in [0.1, 0.15) is 26.9 Å². The summed E-state index contributed by atoms with van der Waals surface area (Å²) in [5.74, 6) is 0.305. The first-order valence-electron chi connectivity index (χ1n) is 7.48. The van der Waals surface area contributed by atoms with Crippen molar-refractivity contribution in [1.82, 2.24) is 25.5 Å². The zero-order valence-electron chi connectivity index (χ0n) is 13.3. The molecule has 0 fully saturated rings. The van der Waals surface area contributed by atoms with E-state index in [4.69, 9.17) is 0 Å². The molecule has 0 aromatic carbocycles. The molecule has 0 saturated carbocycles. The Morgan fingerprint density at radius 2 is 2.12 bits per heavy atom. The van der Waals surface area contributed by atoms with Crippen LogP contribution in [-0.2, 0) is 6.42 Å². The van der Waals surface area contributed by atoms with Crippen LogP contribution in [0, 0.1) is 13.8 Å². The summed E-state index contributed by atoms with van der Waals surface area (Å²) in [6.45, 7) is 4.14. The Kier molecular flexibility index (Phi) is 4.57. The lowest BCUT2D eigenvalue weighted by Gasteiger charge is -2.03. The third-order valence-corrected chi connectivity index (χ3v) is 4.43. The molecule has 1 amide bonds.